The van der Waals surface area contributed by atoms with Gasteiger partial charge in [0.05, 0.1) is 5.69 Å². The summed E-state index contributed by atoms with van der Waals surface area (Å²) in [5.41, 5.74) is 4.13. The molecule has 6 nitrogen and oxygen atoms in total. The van der Waals surface area contributed by atoms with Crippen molar-refractivity contribution in [3.8, 4) is 0 Å². The fourth-order valence-electron chi connectivity index (χ4n) is 3.55. The van der Waals surface area contributed by atoms with Gasteiger partial charge in [-0.05, 0) is 43.7 Å². The molecule has 1 fully saturated rings. The fourth-order valence-corrected chi connectivity index (χ4v) is 3.55. The molecule has 2 N–H and O–H groups in total. The molecule has 0 unspecified atom stereocenters. The van der Waals surface area contributed by atoms with E-state index in [4.69, 9.17) is 0 Å². The molecule has 2 aliphatic rings. The lowest BCUT2D eigenvalue weighted by Gasteiger charge is -2.32. The molecule has 3 heterocycles. The molecule has 0 amide bonds. The third-order valence-electron chi connectivity index (χ3n) is 4.79. The summed E-state index contributed by atoms with van der Waals surface area (Å²) >= 11 is 0. The highest BCUT2D eigenvalue weighted by Crippen LogP contribution is 2.24. The van der Waals surface area contributed by atoms with Crippen LogP contribution in [0.15, 0.2) is 18.6 Å². The maximum atomic E-state index is 4.52. The standard InChI is InChI=1S/C16H22N6/c1-2-13-14(3-1)20-21-15(13)10-22-8-5-12(6-9-22)19-16-4-7-17-11-18-16/h4,7,11-12H,1-3,5-6,8-10H2,(H,20,21)(H,17,18,19). The minimum Gasteiger partial charge on any atom is -0.367 e. The number of hydrogen-bond donors (Lipinski definition) is 2. The molecule has 1 aliphatic carbocycles. The number of fused-ring (bicyclic) bond motifs is 1. The summed E-state index contributed by atoms with van der Waals surface area (Å²) < 4.78 is 0. The highest BCUT2D eigenvalue weighted by molar-refractivity contribution is 5.33. The van der Waals surface area contributed by atoms with Gasteiger partial charge in [-0.15, -0.1) is 0 Å². The lowest BCUT2D eigenvalue weighted by Crippen LogP contribution is -2.39. The summed E-state index contributed by atoms with van der Waals surface area (Å²) in [5, 5.41) is 11.2. The molecule has 0 saturated carbocycles. The summed E-state index contributed by atoms with van der Waals surface area (Å²) in [5.74, 6) is 0.929. The van der Waals surface area contributed by atoms with Gasteiger partial charge in [0.2, 0.25) is 0 Å². The maximum Gasteiger partial charge on any atom is 0.129 e. The molecule has 0 atom stereocenters. The van der Waals surface area contributed by atoms with Gasteiger partial charge in [-0.25, -0.2) is 9.97 Å². The number of rotatable bonds is 4. The van der Waals surface area contributed by atoms with Gasteiger partial charge in [-0.2, -0.15) is 5.10 Å². The molecule has 0 spiro atoms. The van der Waals surface area contributed by atoms with Crippen molar-refractivity contribution in [1.82, 2.24) is 25.1 Å². The summed E-state index contributed by atoms with van der Waals surface area (Å²) in [7, 11) is 0. The normalized spacial score (nSPS) is 19.3. The first-order valence-corrected chi connectivity index (χ1v) is 8.18. The molecule has 0 aromatic carbocycles. The lowest BCUT2D eigenvalue weighted by atomic mass is 10.0. The molecular formula is C16H22N6. The zero-order chi connectivity index (χ0) is 14.8. The predicted octanol–water partition coefficient (Wildman–Crippen LogP) is 1.76. The van der Waals surface area contributed by atoms with Crippen molar-refractivity contribution in [2.75, 3.05) is 18.4 Å². The van der Waals surface area contributed by atoms with Crippen LogP contribution in [0.4, 0.5) is 5.82 Å². The van der Waals surface area contributed by atoms with Gasteiger partial charge < -0.3 is 5.32 Å². The Balaban J connectivity index is 1.30. The fraction of sp³-hybridized carbons (Fsp3) is 0.562. The van der Waals surface area contributed by atoms with Crippen LogP contribution in [0, 0.1) is 0 Å². The highest BCUT2D eigenvalue weighted by atomic mass is 15.2. The SMILES string of the molecule is c1cc(NC2CCN(Cc3n[nH]c4c3CCC4)CC2)ncn1. The van der Waals surface area contributed by atoms with Crippen LogP contribution in [0.5, 0.6) is 0 Å². The highest BCUT2D eigenvalue weighted by Gasteiger charge is 2.23. The minimum atomic E-state index is 0.510. The van der Waals surface area contributed by atoms with Crippen LogP contribution in [0.25, 0.3) is 0 Å². The van der Waals surface area contributed by atoms with Crippen molar-refractivity contribution >= 4 is 5.82 Å². The molecule has 116 valence electrons. The topological polar surface area (TPSA) is 69.7 Å². The summed E-state index contributed by atoms with van der Waals surface area (Å²) in [6, 6.07) is 2.44. The van der Waals surface area contributed by atoms with Crippen molar-refractivity contribution in [2.45, 2.75) is 44.7 Å². The van der Waals surface area contributed by atoms with Crippen LogP contribution in [0.3, 0.4) is 0 Å². The van der Waals surface area contributed by atoms with E-state index < -0.39 is 0 Å². The molecule has 0 bridgehead atoms. The Kier molecular flexibility index (Phi) is 3.76. The second-order valence-corrected chi connectivity index (χ2v) is 6.27. The number of nitrogens with zero attached hydrogens (tertiary/aromatic N) is 4. The molecule has 6 heteroatoms. The molecule has 2 aromatic heterocycles. The van der Waals surface area contributed by atoms with Gasteiger partial charge in [0.15, 0.2) is 0 Å². The molecule has 1 aliphatic heterocycles. The number of aryl methyl sites for hydroxylation is 1. The van der Waals surface area contributed by atoms with Crippen molar-refractivity contribution in [2.24, 2.45) is 0 Å². The summed E-state index contributed by atoms with van der Waals surface area (Å²) in [6.07, 6.45) is 9.33. The van der Waals surface area contributed by atoms with E-state index in [9.17, 15) is 0 Å². The van der Waals surface area contributed by atoms with Gasteiger partial charge in [-0.1, -0.05) is 0 Å². The van der Waals surface area contributed by atoms with E-state index in [1.54, 1.807) is 12.5 Å². The van der Waals surface area contributed by atoms with E-state index in [1.165, 1.54) is 36.2 Å². The van der Waals surface area contributed by atoms with Crippen LogP contribution < -0.4 is 5.32 Å². The molecular weight excluding hydrogens is 276 g/mol. The maximum absolute atomic E-state index is 4.52. The first-order chi connectivity index (χ1) is 10.9. The van der Waals surface area contributed by atoms with E-state index in [1.807, 2.05) is 6.07 Å². The lowest BCUT2D eigenvalue weighted by molar-refractivity contribution is 0.208. The Morgan fingerprint density at radius 3 is 3.00 bits per heavy atom. The number of likely N-dealkylation sites (tertiary alicyclic amines) is 1. The van der Waals surface area contributed by atoms with Crippen LogP contribution in [-0.2, 0) is 19.4 Å². The second kappa shape index (κ2) is 6.04. The number of nitrogens with one attached hydrogen (secondary N) is 2. The molecule has 4 rings (SSSR count). The zero-order valence-electron chi connectivity index (χ0n) is 12.8. The summed E-state index contributed by atoms with van der Waals surface area (Å²) in [4.78, 5) is 10.7. The van der Waals surface area contributed by atoms with Gasteiger partial charge in [0.1, 0.15) is 12.1 Å². The Morgan fingerprint density at radius 2 is 2.18 bits per heavy atom. The predicted molar refractivity (Wildman–Crippen MR) is 84.6 cm³/mol. The van der Waals surface area contributed by atoms with Crippen molar-refractivity contribution < 1.29 is 0 Å². The average molecular weight is 298 g/mol. The number of H-pyrrole nitrogens is 1. The van der Waals surface area contributed by atoms with E-state index in [0.29, 0.717) is 6.04 Å². The van der Waals surface area contributed by atoms with Crippen molar-refractivity contribution in [3.63, 3.8) is 0 Å². The van der Waals surface area contributed by atoms with Crippen molar-refractivity contribution in [1.29, 1.82) is 0 Å². The second-order valence-electron chi connectivity index (χ2n) is 6.27. The monoisotopic (exact) mass is 298 g/mol. The number of aromatic nitrogens is 4. The zero-order valence-corrected chi connectivity index (χ0v) is 12.8. The van der Waals surface area contributed by atoms with E-state index in [0.717, 1.165) is 38.3 Å². The first kappa shape index (κ1) is 13.7. The van der Waals surface area contributed by atoms with E-state index in [-0.39, 0.29) is 0 Å². The largest absolute Gasteiger partial charge is 0.367 e. The molecule has 1 saturated heterocycles. The number of aromatic amines is 1. The number of hydrogen-bond acceptors (Lipinski definition) is 5. The summed E-state index contributed by atoms with van der Waals surface area (Å²) in [6.45, 7) is 3.22. The molecule has 2 aromatic rings. The van der Waals surface area contributed by atoms with E-state index >= 15 is 0 Å². The smallest absolute Gasteiger partial charge is 0.129 e. The quantitative estimate of drug-likeness (QED) is 0.900. The number of piperidine rings is 1. The minimum absolute atomic E-state index is 0.510. The molecule has 22 heavy (non-hydrogen) atoms. The van der Waals surface area contributed by atoms with Crippen molar-refractivity contribution in [3.05, 3.63) is 35.5 Å². The Hall–Kier alpha value is -1.95. The molecule has 0 radical (unpaired) electrons. The van der Waals surface area contributed by atoms with Gasteiger partial charge >= 0.3 is 0 Å². The van der Waals surface area contributed by atoms with Crippen LogP contribution in [-0.4, -0.2) is 44.2 Å². The van der Waals surface area contributed by atoms with Gasteiger partial charge in [0, 0.05) is 37.6 Å². The van der Waals surface area contributed by atoms with E-state index in [2.05, 4.69) is 30.4 Å². The van der Waals surface area contributed by atoms with Gasteiger partial charge in [-0.3, -0.25) is 10.00 Å². The number of anilines is 1. The Labute approximate surface area is 130 Å². The van der Waals surface area contributed by atoms with Crippen LogP contribution >= 0.6 is 0 Å². The Morgan fingerprint density at radius 1 is 1.27 bits per heavy atom. The third kappa shape index (κ3) is 2.83. The average Bonchev–Trinajstić information content (AvgIpc) is 3.15. The van der Waals surface area contributed by atoms with Gasteiger partial charge in [0.25, 0.3) is 0 Å². The van der Waals surface area contributed by atoms with Crippen LogP contribution in [0.1, 0.15) is 36.2 Å². The first-order valence-electron chi connectivity index (χ1n) is 8.18. The third-order valence-corrected chi connectivity index (χ3v) is 4.79. The van der Waals surface area contributed by atoms with Crippen LogP contribution in [0.2, 0.25) is 0 Å². The Bertz CT molecular complexity index is 615.